The molecule has 1 amide bonds. The minimum absolute atomic E-state index is 0.163. The Hall–Kier alpha value is -1.90. The summed E-state index contributed by atoms with van der Waals surface area (Å²) < 4.78 is 28.7. The highest BCUT2D eigenvalue weighted by Crippen LogP contribution is 2.20. The number of carbonyl (C=O) groups excluding carboxylic acids is 1. The van der Waals surface area contributed by atoms with Crippen LogP contribution >= 0.6 is 0 Å². The summed E-state index contributed by atoms with van der Waals surface area (Å²) in [7, 11) is -2.39. The van der Waals surface area contributed by atoms with Gasteiger partial charge in [0, 0.05) is 37.2 Å². The fraction of sp³-hybridized carbons (Fsp3) is 0.471. The van der Waals surface area contributed by atoms with Crippen molar-refractivity contribution in [2.24, 2.45) is 0 Å². The van der Waals surface area contributed by atoms with E-state index in [9.17, 15) is 13.2 Å². The molecular formula is C17H24N4O3S. The second-order valence-corrected chi connectivity index (χ2v) is 7.98. The van der Waals surface area contributed by atoms with E-state index >= 15 is 0 Å². The summed E-state index contributed by atoms with van der Waals surface area (Å²) in [6, 6.07) is 6.96. The van der Waals surface area contributed by atoms with Gasteiger partial charge in [0.05, 0.1) is 0 Å². The van der Waals surface area contributed by atoms with Crippen molar-refractivity contribution in [2.75, 3.05) is 20.1 Å². The molecule has 2 heterocycles. The van der Waals surface area contributed by atoms with E-state index in [1.54, 1.807) is 4.90 Å². The van der Waals surface area contributed by atoms with E-state index in [0.29, 0.717) is 19.5 Å². The zero-order chi connectivity index (χ0) is 17.9. The Morgan fingerprint density at radius 3 is 2.68 bits per heavy atom. The van der Waals surface area contributed by atoms with Crippen LogP contribution in [0.15, 0.2) is 30.5 Å². The molecule has 1 aliphatic heterocycles. The van der Waals surface area contributed by atoms with Crippen LogP contribution in [0.25, 0.3) is 10.9 Å². The van der Waals surface area contributed by atoms with Gasteiger partial charge in [-0.15, -0.1) is 0 Å². The van der Waals surface area contributed by atoms with Crippen LogP contribution < -0.4 is 9.44 Å². The first-order valence-electron chi connectivity index (χ1n) is 8.55. The number of hydrogen-bond acceptors (Lipinski definition) is 3. The van der Waals surface area contributed by atoms with Crippen molar-refractivity contribution < 1.29 is 13.2 Å². The van der Waals surface area contributed by atoms with Crippen molar-refractivity contribution in [1.82, 2.24) is 19.3 Å². The summed E-state index contributed by atoms with van der Waals surface area (Å²) in [6.07, 6.45) is 5.18. The molecule has 0 aliphatic carbocycles. The van der Waals surface area contributed by atoms with Gasteiger partial charge in [-0.05, 0) is 37.3 Å². The summed E-state index contributed by atoms with van der Waals surface area (Å²) >= 11 is 0. The minimum Gasteiger partial charge on any atom is -0.361 e. The van der Waals surface area contributed by atoms with E-state index in [4.69, 9.17) is 0 Å². The van der Waals surface area contributed by atoms with Gasteiger partial charge in [-0.25, -0.2) is 4.72 Å². The highest BCUT2D eigenvalue weighted by molar-refractivity contribution is 7.87. The van der Waals surface area contributed by atoms with Crippen molar-refractivity contribution in [1.29, 1.82) is 0 Å². The Labute approximate surface area is 148 Å². The number of nitrogens with zero attached hydrogens (tertiary/aromatic N) is 1. The minimum atomic E-state index is -3.72. The molecule has 1 aromatic heterocycles. The lowest BCUT2D eigenvalue weighted by molar-refractivity contribution is -0.133. The molecule has 1 fully saturated rings. The van der Waals surface area contributed by atoms with Crippen LogP contribution in [0.5, 0.6) is 0 Å². The van der Waals surface area contributed by atoms with E-state index in [0.717, 1.165) is 35.7 Å². The summed E-state index contributed by atoms with van der Waals surface area (Å²) in [6.45, 7) is 1.37. The van der Waals surface area contributed by atoms with E-state index in [1.807, 2.05) is 30.5 Å². The standard InChI is InChI=1S/C17H24N4O3S/c1-18-25(23,24)20-16(17(22)21-9-5-2-6-10-21)11-13-12-19-15-8-4-3-7-14(13)15/h3-4,7-8,12,16,18-20H,2,5-6,9-11H2,1H3. The van der Waals surface area contributed by atoms with Gasteiger partial charge in [-0.1, -0.05) is 18.2 Å². The van der Waals surface area contributed by atoms with Crippen molar-refractivity contribution in [3.05, 3.63) is 36.0 Å². The first-order valence-corrected chi connectivity index (χ1v) is 10.0. The third kappa shape index (κ3) is 4.20. The second kappa shape index (κ2) is 7.55. The number of likely N-dealkylation sites (tertiary alicyclic amines) is 1. The van der Waals surface area contributed by atoms with Gasteiger partial charge >= 0.3 is 0 Å². The monoisotopic (exact) mass is 364 g/mol. The quantitative estimate of drug-likeness (QED) is 0.717. The number of aromatic nitrogens is 1. The Balaban J connectivity index is 1.86. The van der Waals surface area contributed by atoms with Gasteiger partial charge in [-0.3, -0.25) is 4.79 Å². The molecule has 1 atom stereocenters. The molecule has 0 bridgehead atoms. The maximum Gasteiger partial charge on any atom is 0.277 e. The lowest BCUT2D eigenvalue weighted by Gasteiger charge is -2.30. The van der Waals surface area contributed by atoms with Crippen LogP contribution in [0.2, 0.25) is 0 Å². The van der Waals surface area contributed by atoms with Crippen molar-refractivity contribution >= 4 is 27.0 Å². The predicted octanol–water partition coefficient (Wildman–Crippen LogP) is 1.15. The van der Waals surface area contributed by atoms with Gasteiger partial charge in [0.2, 0.25) is 5.91 Å². The molecule has 1 aromatic carbocycles. The molecule has 0 saturated carbocycles. The van der Waals surface area contributed by atoms with Gasteiger partial charge in [0.25, 0.3) is 10.2 Å². The van der Waals surface area contributed by atoms with E-state index in [2.05, 4.69) is 14.4 Å². The molecule has 1 unspecified atom stereocenters. The third-order valence-electron chi connectivity index (χ3n) is 4.63. The number of hydrogen-bond donors (Lipinski definition) is 3. The zero-order valence-corrected chi connectivity index (χ0v) is 15.1. The summed E-state index contributed by atoms with van der Waals surface area (Å²) in [4.78, 5) is 17.9. The molecule has 25 heavy (non-hydrogen) atoms. The molecule has 8 heteroatoms. The number of aromatic amines is 1. The fourth-order valence-electron chi connectivity index (χ4n) is 3.28. The number of para-hydroxylation sites is 1. The lowest BCUT2D eigenvalue weighted by Crippen LogP contribution is -2.52. The summed E-state index contributed by atoms with van der Waals surface area (Å²) in [5.41, 5.74) is 1.89. The van der Waals surface area contributed by atoms with Gasteiger partial charge in [-0.2, -0.15) is 13.1 Å². The molecule has 1 aliphatic rings. The van der Waals surface area contributed by atoms with Gasteiger partial charge in [0.15, 0.2) is 0 Å². The van der Waals surface area contributed by atoms with Crippen molar-refractivity contribution in [3.8, 4) is 0 Å². The fourth-order valence-corrected chi connectivity index (χ4v) is 3.96. The number of H-pyrrole nitrogens is 1. The number of piperidine rings is 1. The molecule has 7 nitrogen and oxygen atoms in total. The SMILES string of the molecule is CNS(=O)(=O)NC(Cc1c[nH]c2ccccc12)C(=O)N1CCCCC1. The van der Waals surface area contributed by atoms with E-state index in [1.165, 1.54) is 7.05 Å². The maximum atomic E-state index is 12.9. The van der Waals surface area contributed by atoms with Crippen LogP contribution in [0.1, 0.15) is 24.8 Å². The molecule has 3 rings (SSSR count). The average Bonchev–Trinajstić information content (AvgIpc) is 3.04. The first-order chi connectivity index (χ1) is 12.0. The van der Waals surface area contributed by atoms with Gasteiger partial charge in [0.1, 0.15) is 6.04 Å². The van der Waals surface area contributed by atoms with Crippen LogP contribution in [-0.2, 0) is 21.4 Å². The molecule has 0 spiro atoms. The molecule has 1 saturated heterocycles. The molecular weight excluding hydrogens is 340 g/mol. The molecule has 2 aromatic rings. The van der Waals surface area contributed by atoms with E-state index in [-0.39, 0.29) is 5.91 Å². The topological polar surface area (TPSA) is 94.3 Å². The number of nitrogens with one attached hydrogen (secondary N) is 3. The van der Waals surface area contributed by atoms with Crippen LogP contribution in [-0.4, -0.2) is 50.4 Å². The summed E-state index contributed by atoms with van der Waals surface area (Å²) in [5.74, 6) is -0.163. The summed E-state index contributed by atoms with van der Waals surface area (Å²) in [5, 5.41) is 1.00. The van der Waals surface area contributed by atoms with Crippen LogP contribution in [0.3, 0.4) is 0 Å². The largest absolute Gasteiger partial charge is 0.361 e. The molecule has 3 N–H and O–H groups in total. The van der Waals surface area contributed by atoms with Crippen LogP contribution in [0, 0.1) is 0 Å². The predicted molar refractivity (Wildman–Crippen MR) is 97.3 cm³/mol. The smallest absolute Gasteiger partial charge is 0.277 e. The normalized spacial score (nSPS) is 16.9. The third-order valence-corrected chi connectivity index (χ3v) is 5.76. The van der Waals surface area contributed by atoms with Gasteiger partial charge < -0.3 is 9.88 Å². The number of fused-ring (bicyclic) bond motifs is 1. The van der Waals surface area contributed by atoms with Crippen molar-refractivity contribution in [3.63, 3.8) is 0 Å². The highest BCUT2D eigenvalue weighted by atomic mass is 32.2. The van der Waals surface area contributed by atoms with Crippen LogP contribution in [0.4, 0.5) is 0 Å². The number of rotatable bonds is 6. The Bertz CT molecular complexity index is 840. The lowest BCUT2D eigenvalue weighted by atomic mass is 10.0. The second-order valence-electron chi connectivity index (χ2n) is 6.33. The molecule has 136 valence electrons. The number of amides is 1. The Morgan fingerprint density at radius 2 is 1.96 bits per heavy atom. The zero-order valence-electron chi connectivity index (χ0n) is 14.3. The average molecular weight is 364 g/mol. The van der Waals surface area contributed by atoms with E-state index < -0.39 is 16.3 Å². The van der Waals surface area contributed by atoms with Crippen molar-refractivity contribution in [2.45, 2.75) is 31.7 Å². The maximum absolute atomic E-state index is 12.9. The number of carbonyl (C=O) groups is 1. The first kappa shape index (κ1) is 17.9. The Kier molecular flexibility index (Phi) is 5.41. The number of benzene rings is 1. The highest BCUT2D eigenvalue weighted by Gasteiger charge is 2.29. The Morgan fingerprint density at radius 1 is 1.24 bits per heavy atom. The molecule has 0 radical (unpaired) electrons.